The summed E-state index contributed by atoms with van der Waals surface area (Å²) in [6.07, 6.45) is 0.642. The lowest BCUT2D eigenvalue weighted by Crippen LogP contribution is -2.41. The second-order valence-corrected chi connectivity index (χ2v) is 5.66. The first-order valence-corrected chi connectivity index (χ1v) is 7.15. The highest BCUT2D eigenvalue weighted by atomic mass is 32.2. The fourth-order valence-corrected chi connectivity index (χ4v) is 2.79. The van der Waals surface area contributed by atoms with E-state index in [0.717, 1.165) is 6.07 Å². The van der Waals surface area contributed by atoms with Crippen LogP contribution in [0.3, 0.4) is 0 Å². The molecule has 1 atom stereocenters. The van der Waals surface area contributed by atoms with Crippen molar-refractivity contribution < 1.29 is 23.1 Å². The molecule has 0 bridgehead atoms. The fourth-order valence-electron chi connectivity index (χ4n) is 1.46. The molecular formula is C11H12N4O5S. The van der Waals surface area contributed by atoms with Crippen LogP contribution in [0.15, 0.2) is 23.2 Å². The van der Waals surface area contributed by atoms with Crippen LogP contribution in [-0.2, 0) is 19.6 Å². The average Bonchev–Trinajstić information content (AvgIpc) is 2.42. The van der Waals surface area contributed by atoms with Crippen LogP contribution < -0.4 is 10.5 Å². The van der Waals surface area contributed by atoms with Gasteiger partial charge in [0, 0.05) is 12.6 Å². The number of amides is 1. The van der Waals surface area contributed by atoms with E-state index in [-0.39, 0.29) is 18.5 Å². The molecule has 9 nitrogen and oxygen atoms in total. The van der Waals surface area contributed by atoms with Crippen LogP contribution in [0.1, 0.15) is 18.5 Å². The lowest BCUT2D eigenvalue weighted by molar-refractivity contribution is -0.139. The van der Waals surface area contributed by atoms with Crippen LogP contribution in [0.4, 0.5) is 0 Å². The molecule has 0 aliphatic rings. The normalized spacial score (nSPS) is 12.3. The Morgan fingerprint density at radius 2 is 2.19 bits per heavy atom. The van der Waals surface area contributed by atoms with Crippen LogP contribution in [-0.4, -0.2) is 36.4 Å². The van der Waals surface area contributed by atoms with Gasteiger partial charge in [-0.15, -0.1) is 0 Å². The van der Waals surface area contributed by atoms with Crippen molar-refractivity contribution in [1.29, 1.82) is 5.26 Å². The summed E-state index contributed by atoms with van der Waals surface area (Å²) < 4.78 is 26.1. The van der Waals surface area contributed by atoms with Crippen LogP contribution in [0.5, 0.6) is 0 Å². The number of primary amides is 1. The summed E-state index contributed by atoms with van der Waals surface area (Å²) in [5, 5.41) is 17.8. The largest absolute Gasteiger partial charge is 0.480 e. The first-order chi connectivity index (χ1) is 9.77. The Hall–Kier alpha value is -2.51. The quantitative estimate of drug-likeness (QED) is 0.578. The van der Waals surface area contributed by atoms with Crippen molar-refractivity contribution in [2.45, 2.75) is 23.8 Å². The third-order valence-corrected chi connectivity index (χ3v) is 3.94. The van der Waals surface area contributed by atoms with Gasteiger partial charge in [0.1, 0.15) is 17.0 Å². The average molecular weight is 312 g/mol. The third-order valence-electron chi connectivity index (χ3n) is 2.44. The highest BCUT2D eigenvalue weighted by molar-refractivity contribution is 7.89. The van der Waals surface area contributed by atoms with Crippen LogP contribution in [0, 0.1) is 11.3 Å². The van der Waals surface area contributed by atoms with E-state index in [0.29, 0.717) is 0 Å². The number of carbonyl (C=O) groups excluding carboxylic acids is 1. The molecular weight excluding hydrogens is 300 g/mol. The van der Waals surface area contributed by atoms with E-state index in [2.05, 4.69) is 4.98 Å². The van der Waals surface area contributed by atoms with Gasteiger partial charge in [-0.25, -0.2) is 13.4 Å². The highest BCUT2D eigenvalue weighted by Crippen LogP contribution is 2.13. The zero-order valence-corrected chi connectivity index (χ0v) is 11.5. The molecule has 1 amide bonds. The fraction of sp³-hybridized carbons (Fsp3) is 0.273. The molecule has 0 radical (unpaired) electrons. The molecule has 1 heterocycles. The topological polar surface area (TPSA) is 163 Å². The van der Waals surface area contributed by atoms with Gasteiger partial charge in [-0.2, -0.15) is 9.98 Å². The second-order valence-electron chi connectivity index (χ2n) is 3.98. The molecule has 0 spiro atoms. The molecule has 112 valence electrons. The molecule has 4 N–H and O–H groups in total. The van der Waals surface area contributed by atoms with Gasteiger partial charge in [-0.05, 0) is 18.6 Å². The lowest BCUT2D eigenvalue weighted by atomic mass is 10.2. The lowest BCUT2D eigenvalue weighted by Gasteiger charge is -2.14. The minimum Gasteiger partial charge on any atom is -0.480 e. The van der Waals surface area contributed by atoms with Gasteiger partial charge < -0.3 is 10.8 Å². The Morgan fingerprint density at radius 1 is 1.52 bits per heavy atom. The van der Waals surface area contributed by atoms with Crippen molar-refractivity contribution >= 4 is 21.9 Å². The van der Waals surface area contributed by atoms with Crippen molar-refractivity contribution in [3.05, 3.63) is 24.0 Å². The van der Waals surface area contributed by atoms with E-state index in [4.69, 9.17) is 16.1 Å². The van der Waals surface area contributed by atoms with Crippen molar-refractivity contribution in [3.63, 3.8) is 0 Å². The maximum atomic E-state index is 12.1. The second kappa shape index (κ2) is 6.78. The summed E-state index contributed by atoms with van der Waals surface area (Å²) in [7, 11) is -4.26. The van der Waals surface area contributed by atoms with Crippen molar-refractivity contribution in [1.82, 2.24) is 9.71 Å². The number of nitrogens with two attached hydrogens (primary N) is 1. The third kappa shape index (κ3) is 4.51. The zero-order chi connectivity index (χ0) is 16.0. The number of carboxylic acids is 1. The number of carboxylic acid groups (broad SMARTS) is 1. The Labute approximate surface area is 120 Å². The van der Waals surface area contributed by atoms with E-state index in [1.165, 1.54) is 12.3 Å². The van der Waals surface area contributed by atoms with E-state index < -0.39 is 32.8 Å². The molecule has 1 aromatic heterocycles. The molecule has 0 saturated carbocycles. The van der Waals surface area contributed by atoms with E-state index in [1.807, 2.05) is 4.72 Å². The number of nitrogens with zero attached hydrogens (tertiary/aromatic N) is 2. The molecule has 0 saturated heterocycles. The van der Waals surface area contributed by atoms with Gasteiger partial charge in [-0.1, -0.05) is 0 Å². The summed E-state index contributed by atoms with van der Waals surface area (Å²) in [5.74, 6) is -2.21. The van der Waals surface area contributed by atoms with Gasteiger partial charge in [0.2, 0.25) is 15.9 Å². The summed E-state index contributed by atoms with van der Waals surface area (Å²) in [5.41, 5.74) is 4.54. The number of hydrogen-bond acceptors (Lipinski definition) is 6. The van der Waals surface area contributed by atoms with Gasteiger partial charge in [0.05, 0.1) is 0 Å². The summed E-state index contributed by atoms with van der Waals surface area (Å²) in [6, 6.07) is 2.50. The molecule has 0 aliphatic carbocycles. The zero-order valence-electron chi connectivity index (χ0n) is 10.7. The maximum Gasteiger partial charge on any atom is 0.321 e. The highest BCUT2D eigenvalue weighted by Gasteiger charge is 2.27. The van der Waals surface area contributed by atoms with Crippen LogP contribution in [0.2, 0.25) is 0 Å². The standard InChI is InChI=1S/C11H12N4O5S/c12-6-8-9(2-1-5-14-8)21(19,20)15-7(11(17)18)3-4-10(13)16/h1-2,5,7,15H,3-4H2,(H2,13,16)(H,17,18)/t7-/m0/s1. The molecule has 1 rings (SSSR count). The molecule has 21 heavy (non-hydrogen) atoms. The van der Waals surface area contributed by atoms with E-state index in [1.54, 1.807) is 6.07 Å². The predicted octanol–water partition coefficient (Wildman–Crippen LogP) is -1.05. The first-order valence-electron chi connectivity index (χ1n) is 5.66. The van der Waals surface area contributed by atoms with Gasteiger partial charge >= 0.3 is 5.97 Å². The Morgan fingerprint density at radius 3 is 2.71 bits per heavy atom. The maximum absolute atomic E-state index is 12.1. The molecule has 0 fully saturated rings. The monoisotopic (exact) mass is 312 g/mol. The molecule has 0 unspecified atom stereocenters. The number of nitriles is 1. The Balaban J connectivity index is 3.04. The number of hydrogen-bond donors (Lipinski definition) is 3. The van der Waals surface area contributed by atoms with Crippen molar-refractivity contribution in [3.8, 4) is 6.07 Å². The summed E-state index contributed by atoms with van der Waals surface area (Å²) in [4.78, 5) is 24.8. The van der Waals surface area contributed by atoms with Gasteiger partial charge in [-0.3, -0.25) is 9.59 Å². The molecule has 1 aromatic rings. The van der Waals surface area contributed by atoms with Crippen LogP contribution >= 0.6 is 0 Å². The van der Waals surface area contributed by atoms with E-state index in [9.17, 15) is 18.0 Å². The Bertz CT molecular complexity index is 695. The first kappa shape index (κ1) is 16.5. The SMILES string of the molecule is N#Cc1ncccc1S(=O)(=O)N[C@@H](CCC(N)=O)C(=O)O. The van der Waals surface area contributed by atoms with Crippen molar-refractivity contribution in [2.75, 3.05) is 0 Å². The number of aliphatic carboxylic acids is 1. The summed E-state index contributed by atoms with van der Waals surface area (Å²) >= 11 is 0. The van der Waals surface area contributed by atoms with Gasteiger partial charge in [0.25, 0.3) is 0 Å². The number of carbonyl (C=O) groups is 2. The number of aromatic nitrogens is 1. The van der Waals surface area contributed by atoms with Crippen molar-refractivity contribution in [2.24, 2.45) is 5.73 Å². The molecule has 10 heteroatoms. The van der Waals surface area contributed by atoms with Crippen LogP contribution in [0.25, 0.3) is 0 Å². The number of pyridine rings is 1. The number of nitrogens with one attached hydrogen (secondary N) is 1. The molecule has 0 aliphatic heterocycles. The number of rotatable bonds is 7. The minimum atomic E-state index is -4.26. The van der Waals surface area contributed by atoms with Gasteiger partial charge in [0.15, 0.2) is 5.69 Å². The Kier molecular flexibility index (Phi) is 5.34. The number of sulfonamides is 1. The molecule has 0 aromatic carbocycles. The summed E-state index contributed by atoms with van der Waals surface area (Å²) in [6.45, 7) is 0. The van der Waals surface area contributed by atoms with E-state index >= 15 is 0 Å². The predicted molar refractivity (Wildman–Crippen MR) is 69.1 cm³/mol. The smallest absolute Gasteiger partial charge is 0.321 e. The minimum absolute atomic E-state index is 0.294.